The van der Waals surface area contributed by atoms with Gasteiger partial charge in [-0.15, -0.1) is 0 Å². The Balaban J connectivity index is 2.17. The minimum absolute atomic E-state index is 0.0612. The number of benzene rings is 1. The van der Waals surface area contributed by atoms with Crippen LogP contribution >= 0.6 is 11.6 Å². The number of alkyl halides is 3. The number of aryl methyl sites for hydroxylation is 2. The van der Waals surface area contributed by atoms with Gasteiger partial charge in [0.25, 0.3) is 0 Å². The maximum atomic E-state index is 12.5. The molecule has 2 N–H and O–H groups in total. The number of nitrogen functional groups attached to an aromatic ring is 1. The van der Waals surface area contributed by atoms with Crippen molar-refractivity contribution in [3.05, 3.63) is 40.2 Å². The molecule has 114 valence electrons. The Labute approximate surface area is 124 Å². The third-order valence-corrected chi connectivity index (χ3v) is 3.45. The molecule has 0 aliphatic heterocycles. The lowest BCUT2D eigenvalue weighted by Gasteiger charge is -2.12. The van der Waals surface area contributed by atoms with Crippen molar-refractivity contribution in [2.75, 3.05) is 5.73 Å². The Morgan fingerprint density at radius 1 is 1.38 bits per heavy atom. The predicted octanol–water partition coefficient (Wildman–Crippen LogP) is 3.56. The molecule has 0 atom stereocenters. The van der Waals surface area contributed by atoms with Gasteiger partial charge in [0.2, 0.25) is 0 Å². The molecule has 1 aromatic carbocycles. The van der Waals surface area contributed by atoms with E-state index in [9.17, 15) is 13.2 Å². The smallest absolute Gasteiger partial charge is 0.416 e. The van der Waals surface area contributed by atoms with Gasteiger partial charge in [0.15, 0.2) is 0 Å². The van der Waals surface area contributed by atoms with Crippen LogP contribution in [0.3, 0.4) is 0 Å². The molecular weight excluding hydrogens is 307 g/mol. The number of rotatable bonds is 3. The van der Waals surface area contributed by atoms with E-state index in [4.69, 9.17) is 22.1 Å². The van der Waals surface area contributed by atoms with Crippen molar-refractivity contribution in [1.82, 2.24) is 9.78 Å². The third kappa shape index (κ3) is 3.24. The van der Waals surface area contributed by atoms with Gasteiger partial charge in [-0.1, -0.05) is 11.6 Å². The monoisotopic (exact) mass is 319 g/mol. The summed E-state index contributed by atoms with van der Waals surface area (Å²) < 4.78 is 44.6. The van der Waals surface area contributed by atoms with Gasteiger partial charge in [0.1, 0.15) is 12.4 Å². The normalized spacial score (nSPS) is 11.7. The molecule has 0 aliphatic carbocycles. The molecular formula is C13H13ClF3N3O. The van der Waals surface area contributed by atoms with Crippen molar-refractivity contribution in [2.45, 2.75) is 19.7 Å². The van der Waals surface area contributed by atoms with E-state index in [0.29, 0.717) is 16.4 Å². The van der Waals surface area contributed by atoms with E-state index in [0.717, 1.165) is 12.1 Å². The number of hydrogen-bond acceptors (Lipinski definition) is 3. The Morgan fingerprint density at radius 2 is 2.05 bits per heavy atom. The summed E-state index contributed by atoms with van der Waals surface area (Å²) in [7, 11) is 1.70. The zero-order chi connectivity index (χ0) is 15.8. The molecule has 0 radical (unpaired) electrons. The highest BCUT2D eigenvalue weighted by atomic mass is 35.5. The fourth-order valence-electron chi connectivity index (χ4n) is 1.84. The molecule has 8 heteroatoms. The molecule has 4 nitrogen and oxygen atoms in total. The lowest BCUT2D eigenvalue weighted by atomic mass is 10.2. The minimum Gasteiger partial charge on any atom is -0.485 e. The van der Waals surface area contributed by atoms with E-state index < -0.39 is 11.7 Å². The molecule has 0 bridgehead atoms. The number of nitrogens with zero attached hydrogens (tertiary/aromatic N) is 2. The van der Waals surface area contributed by atoms with Gasteiger partial charge >= 0.3 is 6.18 Å². The highest BCUT2D eigenvalue weighted by Crippen LogP contribution is 2.34. The number of hydrogen-bond donors (Lipinski definition) is 1. The highest BCUT2D eigenvalue weighted by Gasteiger charge is 2.31. The Morgan fingerprint density at radius 3 is 2.52 bits per heavy atom. The van der Waals surface area contributed by atoms with Gasteiger partial charge in [-0.2, -0.15) is 18.3 Å². The molecule has 0 saturated carbocycles. The summed E-state index contributed by atoms with van der Waals surface area (Å²) in [4.78, 5) is 0. The van der Waals surface area contributed by atoms with E-state index in [2.05, 4.69) is 5.10 Å². The van der Waals surface area contributed by atoms with Crippen LogP contribution in [-0.2, 0) is 19.8 Å². The lowest BCUT2D eigenvalue weighted by molar-refractivity contribution is -0.137. The van der Waals surface area contributed by atoms with E-state index >= 15 is 0 Å². The quantitative estimate of drug-likeness (QED) is 0.880. The Kier molecular flexibility index (Phi) is 4.04. The second-order valence-electron chi connectivity index (χ2n) is 4.51. The highest BCUT2D eigenvalue weighted by molar-refractivity contribution is 6.31. The fourth-order valence-corrected chi connectivity index (χ4v) is 2.05. The molecule has 21 heavy (non-hydrogen) atoms. The summed E-state index contributed by atoms with van der Waals surface area (Å²) in [6.45, 7) is 1.81. The van der Waals surface area contributed by atoms with Crippen LogP contribution < -0.4 is 10.5 Å². The van der Waals surface area contributed by atoms with Gasteiger partial charge in [-0.25, -0.2) is 0 Å². The summed E-state index contributed by atoms with van der Waals surface area (Å²) in [6.07, 6.45) is -4.44. The van der Waals surface area contributed by atoms with Gasteiger partial charge < -0.3 is 10.5 Å². The second-order valence-corrected chi connectivity index (χ2v) is 4.89. The van der Waals surface area contributed by atoms with Gasteiger partial charge in [0.05, 0.1) is 27.7 Å². The summed E-state index contributed by atoms with van der Waals surface area (Å²) >= 11 is 6.06. The van der Waals surface area contributed by atoms with Crippen molar-refractivity contribution in [3.63, 3.8) is 0 Å². The van der Waals surface area contributed by atoms with Crippen LogP contribution in [0.4, 0.5) is 18.9 Å². The fraction of sp³-hybridized carbons (Fsp3) is 0.308. The maximum absolute atomic E-state index is 12.5. The SMILES string of the molecule is Cc1nn(C)c(COc2ccc(C(F)(F)F)cc2N)c1Cl. The number of nitrogens with two attached hydrogens (primary N) is 1. The number of aromatic nitrogens is 2. The van der Waals surface area contributed by atoms with Crippen LogP contribution in [0.2, 0.25) is 5.02 Å². The minimum atomic E-state index is -4.44. The average Bonchev–Trinajstić information content (AvgIpc) is 2.61. The van der Waals surface area contributed by atoms with E-state index in [1.807, 2.05) is 0 Å². The number of halogens is 4. The molecule has 0 amide bonds. The average molecular weight is 320 g/mol. The van der Waals surface area contributed by atoms with Crippen molar-refractivity contribution in [3.8, 4) is 5.75 Å². The molecule has 1 heterocycles. The first kappa shape index (κ1) is 15.5. The molecule has 0 fully saturated rings. The molecule has 1 aromatic heterocycles. The first-order chi connectivity index (χ1) is 9.70. The first-order valence-electron chi connectivity index (χ1n) is 5.97. The lowest BCUT2D eigenvalue weighted by Crippen LogP contribution is -2.08. The van der Waals surface area contributed by atoms with Crippen LogP contribution in [0.5, 0.6) is 5.75 Å². The molecule has 0 spiro atoms. The molecule has 2 aromatic rings. The van der Waals surface area contributed by atoms with Crippen LogP contribution in [0.25, 0.3) is 0 Å². The van der Waals surface area contributed by atoms with Crippen molar-refractivity contribution >= 4 is 17.3 Å². The maximum Gasteiger partial charge on any atom is 0.416 e. The van der Waals surface area contributed by atoms with Crippen LogP contribution in [0, 0.1) is 6.92 Å². The standard InChI is InChI=1S/C13H13ClF3N3O/c1-7-12(14)10(20(2)19-7)6-21-11-4-3-8(5-9(11)18)13(15,16)17/h3-5H,6,18H2,1-2H3. The van der Waals surface area contributed by atoms with E-state index in [1.54, 1.807) is 18.7 Å². The predicted molar refractivity (Wildman–Crippen MR) is 73.1 cm³/mol. The van der Waals surface area contributed by atoms with Gasteiger partial charge in [-0.3, -0.25) is 4.68 Å². The second kappa shape index (κ2) is 5.48. The summed E-state index contributed by atoms with van der Waals surface area (Å²) in [6, 6.07) is 2.95. The largest absolute Gasteiger partial charge is 0.485 e. The van der Waals surface area contributed by atoms with E-state index in [1.165, 1.54) is 6.07 Å². The van der Waals surface area contributed by atoms with Crippen molar-refractivity contribution in [1.29, 1.82) is 0 Å². The Hall–Kier alpha value is -1.89. The Bertz CT molecular complexity index is 667. The zero-order valence-corrected chi connectivity index (χ0v) is 12.1. The van der Waals surface area contributed by atoms with Crippen LogP contribution in [-0.4, -0.2) is 9.78 Å². The van der Waals surface area contributed by atoms with Crippen LogP contribution in [0.15, 0.2) is 18.2 Å². The number of ether oxygens (including phenoxy) is 1. The third-order valence-electron chi connectivity index (χ3n) is 2.96. The van der Waals surface area contributed by atoms with Gasteiger partial charge in [0, 0.05) is 7.05 Å². The molecule has 0 aliphatic rings. The van der Waals surface area contributed by atoms with E-state index in [-0.39, 0.29) is 18.0 Å². The summed E-state index contributed by atoms with van der Waals surface area (Å²) in [5, 5.41) is 4.58. The summed E-state index contributed by atoms with van der Waals surface area (Å²) in [5.74, 6) is 0.165. The van der Waals surface area contributed by atoms with Crippen molar-refractivity contribution < 1.29 is 17.9 Å². The first-order valence-corrected chi connectivity index (χ1v) is 6.35. The topological polar surface area (TPSA) is 53.1 Å². The molecule has 0 unspecified atom stereocenters. The molecule has 2 rings (SSSR count). The molecule has 0 saturated heterocycles. The number of anilines is 1. The zero-order valence-electron chi connectivity index (χ0n) is 11.3. The van der Waals surface area contributed by atoms with Gasteiger partial charge in [-0.05, 0) is 25.1 Å². The van der Waals surface area contributed by atoms with Crippen LogP contribution in [0.1, 0.15) is 17.0 Å². The van der Waals surface area contributed by atoms with Crippen molar-refractivity contribution in [2.24, 2.45) is 7.05 Å². The summed E-state index contributed by atoms with van der Waals surface area (Å²) in [5.41, 5.74) is 5.95.